The van der Waals surface area contributed by atoms with Gasteiger partial charge < -0.3 is 48.0 Å². The van der Waals surface area contributed by atoms with Gasteiger partial charge in [0.15, 0.2) is 0 Å². The number of carbonyl (C=O) groups excluding carboxylic acids is 2. The predicted octanol–water partition coefficient (Wildman–Crippen LogP) is 13.8. The number of oxime groups is 2. The number of nitrogens with zero attached hydrogens (tertiary/aromatic N) is 4. The summed E-state index contributed by atoms with van der Waals surface area (Å²) in [7, 11) is 0. The van der Waals surface area contributed by atoms with Crippen molar-refractivity contribution in [3.8, 4) is 23.0 Å². The van der Waals surface area contributed by atoms with Gasteiger partial charge >= 0.3 is 0 Å². The number of aromatic nitrogens is 2. The molecule has 1 atom stereocenters. The summed E-state index contributed by atoms with van der Waals surface area (Å²) >= 11 is 0. The van der Waals surface area contributed by atoms with Gasteiger partial charge in [0.1, 0.15) is 53.1 Å². The maximum atomic E-state index is 14.7. The second-order valence-corrected chi connectivity index (χ2v) is 20.7. The van der Waals surface area contributed by atoms with Gasteiger partial charge in [-0.15, -0.1) is 0 Å². The van der Waals surface area contributed by atoms with Crippen LogP contribution in [0.2, 0.25) is 0 Å². The summed E-state index contributed by atoms with van der Waals surface area (Å²) in [6.45, 7) is 17.6. The first-order chi connectivity index (χ1) is 40.5. The Kier molecular flexibility index (Phi) is 17.5. The van der Waals surface area contributed by atoms with Crippen molar-refractivity contribution >= 4 is 61.8 Å². The molecule has 1 aliphatic rings. The molecule has 0 saturated carbocycles. The topological polar surface area (TPSA) is 165 Å². The molecule has 7 aromatic carbocycles. The number of ether oxygens (including phenoxy) is 6. The molecular weight excluding hydrogens is 1040 g/mol. The highest BCUT2D eigenvalue weighted by molar-refractivity contribution is 6.20. The van der Waals surface area contributed by atoms with Gasteiger partial charge in [0, 0.05) is 84.7 Å². The molecule has 0 spiro atoms. The third kappa shape index (κ3) is 11.4. The predicted molar refractivity (Wildman–Crippen MR) is 326 cm³/mol. The van der Waals surface area contributed by atoms with Gasteiger partial charge in [0.25, 0.3) is 0 Å². The monoisotopic (exact) mass is 1110 g/mol. The fraction of sp³-hybridized carbons (Fsp3) is 0.275. The van der Waals surface area contributed by atoms with Gasteiger partial charge in [-0.05, 0) is 150 Å². The first kappa shape index (κ1) is 57.3. The van der Waals surface area contributed by atoms with E-state index in [1.807, 2.05) is 137 Å². The van der Waals surface area contributed by atoms with E-state index >= 15 is 0 Å². The lowest BCUT2D eigenvalue weighted by atomic mass is 9.72. The van der Waals surface area contributed by atoms with Crippen LogP contribution in [0.3, 0.4) is 0 Å². The minimum atomic E-state index is -0.616. The van der Waals surface area contributed by atoms with Crippen LogP contribution in [0.15, 0.2) is 156 Å². The van der Waals surface area contributed by atoms with E-state index < -0.39 is 5.41 Å². The molecule has 426 valence electrons. The molecule has 0 aliphatic heterocycles. The zero-order chi connectivity index (χ0) is 58.2. The van der Waals surface area contributed by atoms with Crippen LogP contribution in [0.1, 0.15) is 106 Å². The molecular formula is C69H70N4O10. The molecule has 14 nitrogen and oxygen atoms in total. The molecule has 0 bridgehead atoms. The molecule has 0 radical (unpaired) electrons. The molecule has 14 heteroatoms. The van der Waals surface area contributed by atoms with Crippen molar-refractivity contribution in [3.05, 3.63) is 207 Å². The van der Waals surface area contributed by atoms with Gasteiger partial charge in [0.05, 0.1) is 45.4 Å². The van der Waals surface area contributed by atoms with Crippen LogP contribution >= 0.6 is 0 Å². The number of fused-ring (bicyclic) bond motifs is 6. The lowest BCUT2D eigenvalue weighted by Crippen LogP contribution is -2.31. The van der Waals surface area contributed by atoms with Gasteiger partial charge in [0.2, 0.25) is 11.6 Å². The van der Waals surface area contributed by atoms with Crippen molar-refractivity contribution in [2.24, 2.45) is 15.7 Å². The lowest BCUT2D eigenvalue weighted by molar-refractivity contribution is 0.0271. The van der Waals surface area contributed by atoms with Gasteiger partial charge in [-0.3, -0.25) is 9.59 Å². The largest absolute Gasteiger partial charge is 0.493 e. The Hall–Kier alpha value is -8.98. The Balaban J connectivity index is 0.769. The minimum Gasteiger partial charge on any atom is -0.493 e. The Bertz CT molecular complexity index is 3980. The Labute approximate surface area is 483 Å². The van der Waals surface area contributed by atoms with Crippen LogP contribution in [0.25, 0.3) is 38.8 Å². The van der Waals surface area contributed by atoms with Crippen molar-refractivity contribution in [2.75, 3.05) is 52.9 Å². The lowest BCUT2D eigenvalue weighted by Gasteiger charge is -2.31. The Morgan fingerprint density at radius 2 is 0.976 bits per heavy atom. The summed E-state index contributed by atoms with van der Waals surface area (Å²) in [5, 5.41) is 31.1. The van der Waals surface area contributed by atoms with E-state index in [4.69, 9.17) is 28.4 Å². The average Bonchev–Trinajstić information content (AvgIpc) is 3.42. The van der Waals surface area contributed by atoms with Gasteiger partial charge in [-0.2, -0.15) is 0 Å². The molecule has 0 fully saturated rings. The fourth-order valence-electron chi connectivity index (χ4n) is 11.6. The van der Waals surface area contributed by atoms with Crippen LogP contribution < -0.4 is 18.9 Å². The molecule has 0 saturated heterocycles. The molecule has 1 aliphatic carbocycles. The number of hydrogen-bond acceptors (Lipinski definition) is 12. The summed E-state index contributed by atoms with van der Waals surface area (Å²) in [6.07, 6.45) is 4.81. The van der Waals surface area contributed by atoms with Crippen molar-refractivity contribution in [1.82, 2.24) is 9.13 Å². The average molecular weight is 1120 g/mol. The van der Waals surface area contributed by atoms with E-state index in [0.717, 1.165) is 78.3 Å². The summed E-state index contributed by atoms with van der Waals surface area (Å²) in [6, 6.07) is 44.0. The second-order valence-electron chi connectivity index (χ2n) is 20.7. The third-order valence-corrected chi connectivity index (χ3v) is 15.6. The maximum absolute atomic E-state index is 14.7. The molecule has 1 unspecified atom stereocenters. The second kappa shape index (κ2) is 25.4. The Morgan fingerprint density at radius 1 is 0.518 bits per heavy atom. The SMILES string of the molecule is CCOc1cccc(OCCOCCOCCOc2cccc(OCC)c2C(=O)c2ccc3c(c2)c2cc(/C(=N/O)c4ccccc4C)ccc2n3CC)c1C(=O)c1ccc2c(c1)c1c(n2CC)C=CC(C)(/C(=N/O)c2ccccc2C)C1. The first-order valence-electron chi connectivity index (χ1n) is 28.5. The van der Waals surface area contributed by atoms with Crippen LogP contribution in [-0.2, 0) is 29.0 Å². The molecule has 2 aromatic heterocycles. The maximum Gasteiger partial charge on any atom is 0.200 e. The van der Waals surface area contributed by atoms with E-state index in [9.17, 15) is 20.0 Å². The first-order valence-corrected chi connectivity index (χ1v) is 28.5. The van der Waals surface area contributed by atoms with Crippen LogP contribution in [0, 0.1) is 19.3 Å². The highest BCUT2D eigenvalue weighted by Gasteiger charge is 2.36. The van der Waals surface area contributed by atoms with E-state index in [1.54, 1.807) is 30.3 Å². The minimum absolute atomic E-state index is 0.164. The summed E-state index contributed by atoms with van der Waals surface area (Å²) in [5.41, 5.74) is 11.7. The number of carbonyl (C=O) groups is 2. The fourth-order valence-corrected chi connectivity index (χ4v) is 11.6. The highest BCUT2D eigenvalue weighted by Crippen LogP contribution is 2.43. The number of hydrogen-bond donors (Lipinski definition) is 2. The number of ketones is 2. The smallest absolute Gasteiger partial charge is 0.200 e. The standard InChI is InChI=1S/C69H70N4O10/c1-8-72-55-29-26-46(65(70-76)49-20-14-12-18-44(49)5)40-51(55)52-41-47(27-30-56(52)72)66(74)63-59(80-10-3)22-16-24-61(63)82-38-36-78-34-35-79-37-39-83-62-25-17-23-60(81-11-4)64(62)67(75)48-28-31-57-53(42-48)54-43-69(7,33-32-58(54)73(57)9-2)68(71-77)50-21-15-13-19-45(50)6/h12-33,40-42,76-77H,8-11,34-39,43H2,1-7H3/b70-65-,71-68+. The van der Waals surface area contributed by atoms with Crippen molar-refractivity contribution < 1.29 is 48.4 Å². The molecule has 0 amide bonds. The zero-order valence-corrected chi connectivity index (χ0v) is 48.2. The molecule has 2 N–H and O–H groups in total. The van der Waals surface area contributed by atoms with Gasteiger partial charge in [-0.1, -0.05) is 83.1 Å². The quantitative estimate of drug-likeness (QED) is 0.0185. The van der Waals surface area contributed by atoms with E-state index in [0.29, 0.717) is 82.9 Å². The molecule has 83 heavy (non-hydrogen) atoms. The third-order valence-electron chi connectivity index (χ3n) is 15.6. The van der Waals surface area contributed by atoms with Crippen molar-refractivity contribution in [1.29, 1.82) is 0 Å². The number of allylic oxidation sites excluding steroid dienone is 1. The highest BCUT2D eigenvalue weighted by atomic mass is 16.6. The van der Waals surface area contributed by atoms with Crippen molar-refractivity contribution in [2.45, 2.75) is 68.0 Å². The van der Waals surface area contributed by atoms with E-state index in [2.05, 4.69) is 52.4 Å². The van der Waals surface area contributed by atoms with Crippen molar-refractivity contribution in [3.63, 3.8) is 0 Å². The number of benzene rings is 7. The Morgan fingerprint density at radius 3 is 1.47 bits per heavy atom. The normalized spacial score (nSPS) is 14.3. The summed E-state index contributed by atoms with van der Waals surface area (Å²) < 4.78 is 40.8. The van der Waals surface area contributed by atoms with Crippen LogP contribution in [0.5, 0.6) is 23.0 Å². The van der Waals surface area contributed by atoms with E-state index in [-0.39, 0.29) is 51.2 Å². The number of rotatable bonds is 25. The number of aryl methyl sites for hydroxylation is 4. The summed E-state index contributed by atoms with van der Waals surface area (Å²) in [4.78, 5) is 29.4. The molecule has 10 rings (SSSR count). The molecule has 9 aromatic rings. The van der Waals surface area contributed by atoms with Crippen LogP contribution in [-0.4, -0.2) is 95.4 Å². The van der Waals surface area contributed by atoms with Crippen LogP contribution in [0.4, 0.5) is 0 Å². The summed E-state index contributed by atoms with van der Waals surface area (Å²) in [5.74, 6) is 1.12. The molecule has 2 heterocycles. The van der Waals surface area contributed by atoms with Gasteiger partial charge in [-0.25, -0.2) is 0 Å². The van der Waals surface area contributed by atoms with E-state index in [1.165, 1.54) is 0 Å². The zero-order valence-electron chi connectivity index (χ0n) is 48.2.